The summed E-state index contributed by atoms with van der Waals surface area (Å²) in [5.41, 5.74) is -1.76. The Bertz CT molecular complexity index is 496. The van der Waals surface area contributed by atoms with Crippen LogP contribution in [0.5, 0.6) is 0 Å². The van der Waals surface area contributed by atoms with E-state index in [9.17, 15) is 18.0 Å². The lowest BCUT2D eigenvalue weighted by atomic mass is 10.7. The van der Waals surface area contributed by atoms with Crippen molar-refractivity contribution in [2.24, 2.45) is 5.14 Å². The third kappa shape index (κ3) is 1.60. The van der Waals surface area contributed by atoms with Crippen LogP contribution in [0.25, 0.3) is 0 Å². The summed E-state index contributed by atoms with van der Waals surface area (Å²) in [6.45, 7) is 0. The zero-order valence-electron chi connectivity index (χ0n) is 5.72. The minimum atomic E-state index is -4.12. The molecular formula is C4H5N3O4S. The van der Waals surface area contributed by atoms with E-state index in [0.717, 1.165) is 12.3 Å². The molecule has 0 unspecified atom stereocenters. The van der Waals surface area contributed by atoms with Gasteiger partial charge in [0, 0.05) is 12.3 Å². The van der Waals surface area contributed by atoms with Crippen LogP contribution in [0.1, 0.15) is 0 Å². The first-order chi connectivity index (χ1) is 5.41. The van der Waals surface area contributed by atoms with Crippen molar-refractivity contribution in [3.05, 3.63) is 33.1 Å². The average Bonchev–Trinajstić information content (AvgIpc) is 1.83. The fraction of sp³-hybridized carbons (Fsp3) is 0. The lowest BCUT2D eigenvalue weighted by Crippen LogP contribution is -2.36. The van der Waals surface area contributed by atoms with Gasteiger partial charge in [-0.2, -0.15) is 12.4 Å². The molecule has 0 aliphatic carbocycles. The summed E-state index contributed by atoms with van der Waals surface area (Å²) in [6, 6.07) is 0.881. The zero-order chi connectivity index (χ0) is 9.35. The smallest absolute Gasteiger partial charge is 0.273 e. The number of nitrogens with zero attached hydrogens (tertiary/aromatic N) is 1. The Morgan fingerprint density at radius 1 is 1.42 bits per heavy atom. The van der Waals surface area contributed by atoms with Gasteiger partial charge in [-0.15, -0.1) is 0 Å². The van der Waals surface area contributed by atoms with Crippen molar-refractivity contribution >= 4 is 10.2 Å². The number of nitrogens with two attached hydrogens (primary N) is 1. The number of nitrogens with one attached hydrogen (secondary N) is 1. The Morgan fingerprint density at radius 2 is 2.00 bits per heavy atom. The summed E-state index contributed by atoms with van der Waals surface area (Å²) in [5.74, 6) is 0. The van der Waals surface area contributed by atoms with Crippen LogP contribution in [0.3, 0.4) is 0 Å². The first kappa shape index (κ1) is 8.68. The Kier molecular flexibility index (Phi) is 1.86. The highest BCUT2D eigenvalue weighted by Gasteiger charge is 2.06. The van der Waals surface area contributed by atoms with Crippen LogP contribution in [-0.4, -0.2) is 17.4 Å². The highest BCUT2D eigenvalue weighted by atomic mass is 32.2. The Hall–Kier alpha value is -1.41. The summed E-state index contributed by atoms with van der Waals surface area (Å²) >= 11 is 0. The molecule has 0 aliphatic heterocycles. The van der Waals surface area contributed by atoms with Crippen LogP contribution in [-0.2, 0) is 10.2 Å². The monoisotopic (exact) mass is 191 g/mol. The van der Waals surface area contributed by atoms with Gasteiger partial charge in [0.1, 0.15) is 0 Å². The quantitative estimate of drug-likeness (QED) is 0.514. The van der Waals surface area contributed by atoms with Crippen molar-refractivity contribution in [2.45, 2.75) is 0 Å². The fourth-order valence-electron chi connectivity index (χ4n) is 0.606. The molecule has 1 aromatic heterocycles. The van der Waals surface area contributed by atoms with Crippen LogP contribution in [0.4, 0.5) is 0 Å². The first-order valence-corrected chi connectivity index (χ1v) is 4.27. The number of aromatic amines is 1. The second-order valence-corrected chi connectivity index (χ2v) is 3.37. The molecule has 0 radical (unpaired) electrons. The molecule has 0 spiro atoms. The predicted octanol–water partition coefficient (Wildman–Crippen LogP) is -2.41. The van der Waals surface area contributed by atoms with Gasteiger partial charge in [-0.25, -0.2) is 9.93 Å². The molecule has 1 heterocycles. The molecule has 0 atom stereocenters. The number of aromatic nitrogens is 2. The van der Waals surface area contributed by atoms with E-state index in [0.29, 0.717) is 0 Å². The van der Waals surface area contributed by atoms with Gasteiger partial charge in [0.05, 0.1) is 0 Å². The second-order valence-electron chi connectivity index (χ2n) is 1.95. The van der Waals surface area contributed by atoms with Gasteiger partial charge in [-0.3, -0.25) is 9.78 Å². The molecule has 0 bridgehead atoms. The van der Waals surface area contributed by atoms with Crippen molar-refractivity contribution < 1.29 is 8.42 Å². The number of H-pyrrole nitrogens is 1. The maximum Gasteiger partial charge on any atom is 0.343 e. The van der Waals surface area contributed by atoms with Crippen LogP contribution < -0.4 is 16.4 Å². The normalized spacial score (nSPS) is 11.4. The molecule has 8 heteroatoms. The third-order valence-electron chi connectivity index (χ3n) is 1.07. The van der Waals surface area contributed by atoms with Gasteiger partial charge < -0.3 is 0 Å². The van der Waals surface area contributed by atoms with Crippen molar-refractivity contribution in [3.63, 3.8) is 0 Å². The van der Waals surface area contributed by atoms with E-state index in [1.165, 1.54) is 0 Å². The molecule has 7 nitrogen and oxygen atoms in total. The molecule has 0 fully saturated rings. The minimum absolute atomic E-state index is 0.231. The largest absolute Gasteiger partial charge is 0.343 e. The predicted molar refractivity (Wildman–Crippen MR) is 39.8 cm³/mol. The summed E-state index contributed by atoms with van der Waals surface area (Å²) in [6.07, 6.45) is 0.788. The van der Waals surface area contributed by atoms with Crippen LogP contribution in [0.15, 0.2) is 21.9 Å². The van der Waals surface area contributed by atoms with Crippen molar-refractivity contribution in [2.75, 3.05) is 0 Å². The summed E-state index contributed by atoms with van der Waals surface area (Å²) < 4.78 is 21.4. The van der Waals surface area contributed by atoms with E-state index < -0.39 is 21.5 Å². The van der Waals surface area contributed by atoms with Crippen molar-refractivity contribution in [1.29, 1.82) is 0 Å². The van der Waals surface area contributed by atoms with Crippen LogP contribution in [0, 0.1) is 0 Å². The number of rotatable bonds is 1. The molecule has 0 saturated heterocycles. The molecule has 1 aromatic rings. The standard InChI is InChI=1S/C4H5N3O4S/c5-12(10,11)7-2-1-3(8)6-4(7)9/h1-2H,(H2,5,10,11)(H,6,8,9). The summed E-state index contributed by atoms with van der Waals surface area (Å²) in [5, 5.41) is 4.62. The maximum atomic E-state index is 10.7. The molecule has 0 saturated carbocycles. The van der Waals surface area contributed by atoms with Crippen molar-refractivity contribution in [1.82, 2.24) is 8.96 Å². The van der Waals surface area contributed by atoms with Gasteiger partial charge in [-0.1, -0.05) is 0 Å². The molecule has 1 rings (SSSR count). The number of hydrogen-bond acceptors (Lipinski definition) is 4. The molecule has 12 heavy (non-hydrogen) atoms. The van der Waals surface area contributed by atoms with E-state index in [2.05, 4.69) is 5.14 Å². The van der Waals surface area contributed by atoms with E-state index in [-0.39, 0.29) is 3.97 Å². The van der Waals surface area contributed by atoms with Crippen LogP contribution >= 0.6 is 0 Å². The SMILES string of the molecule is NS(=O)(=O)n1ccc(=O)[nH]c1=O. The molecule has 66 valence electrons. The van der Waals surface area contributed by atoms with E-state index in [4.69, 9.17) is 0 Å². The number of hydrogen-bond donors (Lipinski definition) is 2. The average molecular weight is 191 g/mol. The molecule has 0 amide bonds. The van der Waals surface area contributed by atoms with Gasteiger partial charge in [0.15, 0.2) is 0 Å². The zero-order valence-corrected chi connectivity index (χ0v) is 6.54. The minimum Gasteiger partial charge on any atom is -0.273 e. The van der Waals surface area contributed by atoms with Gasteiger partial charge in [0.25, 0.3) is 5.56 Å². The topological polar surface area (TPSA) is 115 Å². The summed E-state index contributed by atoms with van der Waals surface area (Å²) in [4.78, 5) is 22.9. The molecule has 3 N–H and O–H groups in total. The van der Waals surface area contributed by atoms with E-state index in [1.807, 2.05) is 0 Å². The first-order valence-electron chi connectivity index (χ1n) is 2.76. The lowest BCUT2D eigenvalue weighted by Gasteiger charge is -1.97. The summed E-state index contributed by atoms with van der Waals surface area (Å²) in [7, 11) is -4.12. The molecule has 0 aromatic carbocycles. The van der Waals surface area contributed by atoms with E-state index >= 15 is 0 Å². The maximum absolute atomic E-state index is 10.7. The Morgan fingerprint density at radius 3 is 2.42 bits per heavy atom. The molecule has 0 aliphatic rings. The third-order valence-corrected chi connectivity index (χ3v) is 1.90. The van der Waals surface area contributed by atoms with Gasteiger partial charge in [-0.05, 0) is 0 Å². The van der Waals surface area contributed by atoms with E-state index in [1.54, 1.807) is 4.98 Å². The fourth-order valence-corrected chi connectivity index (χ4v) is 1.11. The Balaban J connectivity index is 3.61. The Labute approximate surface area is 66.6 Å². The lowest BCUT2D eigenvalue weighted by molar-refractivity contribution is 0.585. The highest BCUT2D eigenvalue weighted by molar-refractivity contribution is 7.87. The highest BCUT2D eigenvalue weighted by Crippen LogP contribution is 1.77. The molecular weight excluding hydrogens is 186 g/mol. The van der Waals surface area contributed by atoms with Crippen LogP contribution in [0.2, 0.25) is 0 Å². The second kappa shape index (κ2) is 2.57. The van der Waals surface area contributed by atoms with Gasteiger partial charge >= 0.3 is 15.9 Å². The van der Waals surface area contributed by atoms with Crippen molar-refractivity contribution in [3.8, 4) is 0 Å². The van der Waals surface area contributed by atoms with Gasteiger partial charge in [0.2, 0.25) is 0 Å².